The highest BCUT2D eigenvalue weighted by Gasteiger charge is 2.14. The second-order valence-electron chi connectivity index (χ2n) is 2.49. The molecule has 0 N–H and O–H groups in total. The summed E-state index contributed by atoms with van der Waals surface area (Å²) < 4.78 is 16.0. The SMILES string of the molecule is Cc1nnsc1S(=O)C(C)C. The van der Waals surface area contributed by atoms with Crippen molar-refractivity contribution >= 4 is 22.3 Å². The predicted molar refractivity (Wildman–Crippen MR) is 46.2 cm³/mol. The normalized spacial score (nSPS) is 13.8. The van der Waals surface area contributed by atoms with Gasteiger partial charge in [-0.15, -0.1) is 5.10 Å². The van der Waals surface area contributed by atoms with Crippen LogP contribution in [0.2, 0.25) is 0 Å². The highest BCUT2D eigenvalue weighted by atomic mass is 32.2. The van der Waals surface area contributed by atoms with Gasteiger partial charge in [-0.3, -0.25) is 4.21 Å². The maximum Gasteiger partial charge on any atom is 0.135 e. The van der Waals surface area contributed by atoms with Crippen molar-refractivity contribution in [2.24, 2.45) is 0 Å². The van der Waals surface area contributed by atoms with Crippen molar-refractivity contribution < 1.29 is 4.21 Å². The van der Waals surface area contributed by atoms with E-state index in [9.17, 15) is 4.21 Å². The molecule has 1 atom stereocenters. The zero-order valence-electron chi connectivity index (χ0n) is 6.70. The van der Waals surface area contributed by atoms with Crippen LogP contribution >= 0.6 is 11.5 Å². The van der Waals surface area contributed by atoms with Crippen LogP contribution in [0.4, 0.5) is 0 Å². The second-order valence-corrected chi connectivity index (χ2v) is 5.45. The van der Waals surface area contributed by atoms with Crippen molar-refractivity contribution in [3.63, 3.8) is 0 Å². The fourth-order valence-electron chi connectivity index (χ4n) is 0.622. The Morgan fingerprint density at radius 2 is 2.18 bits per heavy atom. The lowest BCUT2D eigenvalue weighted by atomic mass is 10.6. The van der Waals surface area contributed by atoms with Gasteiger partial charge in [-0.2, -0.15) is 0 Å². The molecule has 0 fully saturated rings. The number of nitrogens with zero attached hydrogens (tertiary/aromatic N) is 2. The van der Waals surface area contributed by atoms with Crippen molar-refractivity contribution in [3.8, 4) is 0 Å². The van der Waals surface area contributed by atoms with Gasteiger partial charge < -0.3 is 0 Å². The minimum Gasteiger partial charge on any atom is -0.253 e. The minimum absolute atomic E-state index is 0.149. The highest BCUT2D eigenvalue weighted by molar-refractivity contribution is 7.87. The van der Waals surface area contributed by atoms with E-state index in [4.69, 9.17) is 0 Å². The molecule has 0 aliphatic carbocycles. The molecule has 0 saturated carbocycles. The molecule has 0 aromatic carbocycles. The first-order valence-electron chi connectivity index (χ1n) is 3.32. The summed E-state index contributed by atoms with van der Waals surface area (Å²) in [6.07, 6.45) is 0. The lowest BCUT2D eigenvalue weighted by Crippen LogP contribution is -2.05. The van der Waals surface area contributed by atoms with Crippen molar-refractivity contribution in [2.75, 3.05) is 0 Å². The van der Waals surface area contributed by atoms with E-state index < -0.39 is 10.8 Å². The molecule has 1 heterocycles. The maximum atomic E-state index is 11.5. The third kappa shape index (κ3) is 1.84. The summed E-state index contributed by atoms with van der Waals surface area (Å²) in [5.41, 5.74) is 0.794. The summed E-state index contributed by atoms with van der Waals surface area (Å²) in [4.78, 5) is 0. The van der Waals surface area contributed by atoms with Gasteiger partial charge in [0.2, 0.25) is 0 Å². The first kappa shape index (κ1) is 8.80. The van der Waals surface area contributed by atoms with Gasteiger partial charge in [-0.05, 0) is 18.5 Å². The van der Waals surface area contributed by atoms with E-state index in [-0.39, 0.29) is 5.25 Å². The third-order valence-corrected chi connectivity index (χ3v) is 4.08. The van der Waals surface area contributed by atoms with Crippen LogP contribution in [-0.4, -0.2) is 19.0 Å². The number of rotatable bonds is 2. The Labute approximate surface area is 72.5 Å². The molecule has 3 nitrogen and oxygen atoms in total. The monoisotopic (exact) mass is 190 g/mol. The molecular formula is C6H10N2OS2. The maximum absolute atomic E-state index is 11.5. The summed E-state index contributed by atoms with van der Waals surface area (Å²) >= 11 is 1.22. The van der Waals surface area contributed by atoms with Crippen molar-refractivity contribution in [3.05, 3.63) is 5.69 Å². The Morgan fingerprint density at radius 3 is 2.55 bits per heavy atom. The quantitative estimate of drug-likeness (QED) is 0.707. The molecular weight excluding hydrogens is 180 g/mol. The van der Waals surface area contributed by atoms with Gasteiger partial charge in [0.15, 0.2) is 0 Å². The molecule has 1 aromatic heterocycles. The Morgan fingerprint density at radius 1 is 1.55 bits per heavy atom. The fourth-order valence-corrected chi connectivity index (χ4v) is 2.76. The van der Waals surface area contributed by atoms with E-state index in [1.807, 2.05) is 20.8 Å². The van der Waals surface area contributed by atoms with E-state index in [1.165, 1.54) is 11.5 Å². The molecule has 1 rings (SSSR count). The summed E-state index contributed by atoms with van der Waals surface area (Å²) in [6, 6.07) is 0. The largest absolute Gasteiger partial charge is 0.253 e. The van der Waals surface area contributed by atoms with E-state index in [0.29, 0.717) is 0 Å². The van der Waals surface area contributed by atoms with Gasteiger partial charge in [-0.1, -0.05) is 18.3 Å². The van der Waals surface area contributed by atoms with Crippen LogP contribution in [-0.2, 0) is 10.8 Å². The van der Waals surface area contributed by atoms with Gasteiger partial charge in [-0.25, -0.2) is 0 Å². The molecule has 0 aliphatic heterocycles. The van der Waals surface area contributed by atoms with Gasteiger partial charge >= 0.3 is 0 Å². The van der Waals surface area contributed by atoms with Crippen LogP contribution in [0.1, 0.15) is 19.5 Å². The summed E-state index contributed by atoms with van der Waals surface area (Å²) in [5, 5.41) is 3.94. The molecule has 0 saturated heterocycles. The Balaban J connectivity index is 2.93. The molecule has 11 heavy (non-hydrogen) atoms. The van der Waals surface area contributed by atoms with Crippen LogP contribution in [0.15, 0.2) is 4.21 Å². The van der Waals surface area contributed by atoms with Gasteiger partial charge in [0, 0.05) is 5.25 Å². The summed E-state index contributed by atoms with van der Waals surface area (Å²) in [5.74, 6) is 0. The van der Waals surface area contributed by atoms with E-state index in [0.717, 1.165) is 9.90 Å². The average molecular weight is 190 g/mol. The van der Waals surface area contributed by atoms with Gasteiger partial charge in [0.1, 0.15) is 4.21 Å². The standard InChI is InChI=1S/C6H10N2OS2/c1-4(2)11(9)6-5(3)7-8-10-6/h4H,1-3H3. The Kier molecular flexibility index (Phi) is 2.72. The topological polar surface area (TPSA) is 42.9 Å². The first-order chi connectivity index (χ1) is 5.13. The molecule has 0 spiro atoms. The molecule has 0 bridgehead atoms. The smallest absolute Gasteiger partial charge is 0.135 e. The zero-order valence-corrected chi connectivity index (χ0v) is 8.33. The lowest BCUT2D eigenvalue weighted by molar-refractivity contribution is 0.677. The third-order valence-electron chi connectivity index (χ3n) is 1.22. The van der Waals surface area contributed by atoms with Crippen LogP contribution < -0.4 is 0 Å². The van der Waals surface area contributed by atoms with Crippen molar-refractivity contribution in [2.45, 2.75) is 30.2 Å². The molecule has 5 heteroatoms. The Bertz CT molecular complexity index is 269. The minimum atomic E-state index is -0.922. The second kappa shape index (κ2) is 3.40. The van der Waals surface area contributed by atoms with Crippen molar-refractivity contribution in [1.29, 1.82) is 0 Å². The number of hydrogen-bond donors (Lipinski definition) is 0. The van der Waals surface area contributed by atoms with Gasteiger partial charge in [0.05, 0.1) is 16.5 Å². The van der Waals surface area contributed by atoms with E-state index in [1.54, 1.807) is 0 Å². The highest BCUT2D eigenvalue weighted by Crippen LogP contribution is 2.17. The average Bonchev–Trinajstić information content (AvgIpc) is 2.33. The lowest BCUT2D eigenvalue weighted by Gasteiger charge is -2.00. The Hall–Kier alpha value is -0.290. The van der Waals surface area contributed by atoms with Crippen LogP contribution in [0, 0.1) is 6.92 Å². The van der Waals surface area contributed by atoms with E-state index in [2.05, 4.69) is 9.59 Å². The number of aryl methyl sites for hydroxylation is 1. The summed E-state index contributed by atoms with van der Waals surface area (Å²) in [7, 11) is -0.922. The van der Waals surface area contributed by atoms with Crippen LogP contribution in [0.25, 0.3) is 0 Å². The van der Waals surface area contributed by atoms with Crippen LogP contribution in [0.3, 0.4) is 0 Å². The van der Waals surface area contributed by atoms with Gasteiger partial charge in [0.25, 0.3) is 0 Å². The number of aromatic nitrogens is 2. The van der Waals surface area contributed by atoms with Crippen molar-refractivity contribution in [1.82, 2.24) is 9.59 Å². The molecule has 0 radical (unpaired) electrons. The van der Waals surface area contributed by atoms with Crippen LogP contribution in [0.5, 0.6) is 0 Å². The molecule has 1 aromatic rings. The summed E-state index contributed by atoms with van der Waals surface area (Å²) in [6.45, 7) is 5.68. The van der Waals surface area contributed by atoms with E-state index >= 15 is 0 Å². The molecule has 1 unspecified atom stereocenters. The predicted octanol–water partition coefficient (Wildman–Crippen LogP) is 1.36. The zero-order chi connectivity index (χ0) is 8.43. The molecule has 0 aliphatic rings. The molecule has 0 amide bonds. The first-order valence-corrected chi connectivity index (χ1v) is 5.31. The fraction of sp³-hybridized carbons (Fsp3) is 0.667. The number of hydrogen-bond acceptors (Lipinski definition) is 4. The molecule has 62 valence electrons.